The molecule has 126 valence electrons. The first-order valence-corrected chi connectivity index (χ1v) is 7.35. The fraction of sp³-hybridized carbons (Fsp3) is 0.467. The summed E-state index contributed by atoms with van der Waals surface area (Å²) in [6.45, 7) is 0.756. The lowest BCUT2D eigenvalue weighted by Gasteiger charge is -2.34. The number of carbonyl (C=O) groups is 2. The third-order valence-corrected chi connectivity index (χ3v) is 3.66. The van der Waals surface area contributed by atoms with Crippen LogP contribution in [0.5, 0.6) is 0 Å². The molecule has 2 rings (SSSR count). The monoisotopic (exact) mass is 327 g/mol. The van der Waals surface area contributed by atoms with E-state index in [4.69, 9.17) is 5.11 Å². The lowest BCUT2D eigenvalue weighted by atomic mass is 10.1. The fourth-order valence-electron chi connectivity index (χ4n) is 2.51. The summed E-state index contributed by atoms with van der Waals surface area (Å²) in [5.41, 5.74) is 0.139. The van der Waals surface area contributed by atoms with Gasteiger partial charge in [-0.15, -0.1) is 0 Å². The Morgan fingerprint density at radius 1 is 1.43 bits per heavy atom. The predicted octanol–water partition coefficient (Wildman–Crippen LogP) is -0.236. The first-order valence-electron chi connectivity index (χ1n) is 7.35. The van der Waals surface area contributed by atoms with Gasteiger partial charge in [0.05, 0.1) is 19.1 Å². The van der Waals surface area contributed by atoms with E-state index in [2.05, 4.69) is 10.6 Å². The van der Waals surface area contributed by atoms with E-state index in [1.165, 1.54) is 12.1 Å². The lowest BCUT2D eigenvalue weighted by Crippen LogP contribution is -2.56. The van der Waals surface area contributed by atoms with Crippen molar-refractivity contribution in [1.82, 2.24) is 15.5 Å². The molecule has 2 amide bonds. The molecule has 1 aliphatic heterocycles. The molecule has 0 unspecified atom stereocenters. The second-order valence-corrected chi connectivity index (χ2v) is 5.27. The molecule has 1 heterocycles. The number of nitrogens with zero attached hydrogens (tertiary/aromatic N) is 1. The summed E-state index contributed by atoms with van der Waals surface area (Å²) in [6, 6.07) is 3.13. The van der Waals surface area contributed by atoms with Crippen LogP contribution in [0.4, 0.5) is 8.78 Å². The van der Waals surface area contributed by atoms with Crippen molar-refractivity contribution in [3.8, 4) is 0 Å². The second kappa shape index (κ2) is 7.98. The van der Waals surface area contributed by atoms with E-state index >= 15 is 0 Å². The number of piperazine rings is 1. The molecule has 1 atom stereocenters. The number of hydrogen-bond donors (Lipinski definition) is 3. The number of rotatable bonds is 6. The van der Waals surface area contributed by atoms with Crippen LogP contribution < -0.4 is 10.6 Å². The Labute approximate surface area is 132 Å². The van der Waals surface area contributed by atoms with Gasteiger partial charge in [-0.25, -0.2) is 8.78 Å². The van der Waals surface area contributed by atoms with Gasteiger partial charge in [0.25, 0.3) is 0 Å². The number of amides is 2. The molecule has 0 radical (unpaired) electrons. The van der Waals surface area contributed by atoms with Crippen LogP contribution in [0.3, 0.4) is 0 Å². The number of carbonyl (C=O) groups excluding carboxylic acids is 2. The summed E-state index contributed by atoms with van der Waals surface area (Å²) in [6.07, 6.45) is -0.108. The van der Waals surface area contributed by atoms with Crippen molar-refractivity contribution in [2.45, 2.75) is 19.0 Å². The molecule has 0 saturated carbocycles. The minimum absolute atomic E-state index is 0.0367. The first-order chi connectivity index (χ1) is 11.0. The van der Waals surface area contributed by atoms with Crippen molar-refractivity contribution < 1.29 is 23.5 Å². The Morgan fingerprint density at radius 2 is 2.22 bits per heavy atom. The number of benzene rings is 1. The molecule has 1 aromatic rings. The van der Waals surface area contributed by atoms with Crippen molar-refractivity contribution in [2.75, 3.05) is 26.2 Å². The van der Waals surface area contributed by atoms with E-state index < -0.39 is 17.7 Å². The van der Waals surface area contributed by atoms with E-state index in [0.717, 1.165) is 6.07 Å². The van der Waals surface area contributed by atoms with Crippen LogP contribution in [-0.4, -0.2) is 54.1 Å². The Balaban J connectivity index is 2.09. The number of nitrogens with one attached hydrogen (secondary N) is 2. The van der Waals surface area contributed by atoms with E-state index in [0.29, 0.717) is 13.1 Å². The van der Waals surface area contributed by atoms with E-state index in [1.807, 2.05) is 0 Å². The van der Waals surface area contributed by atoms with Gasteiger partial charge < -0.3 is 15.7 Å². The van der Waals surface area contributed by atoms with E-state index in [-0.39, 0.29) is 43.5 Å². The van der Waals surface area contributed by atoms with Gasteiger partial charge in [0.1, 0.15) is 0 Å². The average Bonchev–Trinajstić information content (AvgIpc) is 2.53. The normalized spacial score (nSPS) is 18.6. The van der Waals surface area contributed by atoms with Gasteiger partial charge >= 0.3 is 0 Å². The Morgan fingerprint density at radius 3 is 2.96 bits per heavy atom. The van der Waals surface area contributed by atoms with Crippen LogP contribution in [-0.2, 0) is 16.1 Å². The molecule has 8 heteroatoms. The zero-order valence-corrected chi connectivity index (χ0v) is 12.5. The third-order valence-electron chi connectivity index (χ3n) is 3.66. The van der Waals surface area contributed by atoms with Crippen LogP contribution in [0.2, 0.25) is 0 Å². The third kappa shape index (κ3) is 4.46. The smallest absolute Gasteiger partial charge is 0.237 e. The summed E-state index contributed by atoms with van der Waals surface area (Å²) < 4.78 is 27.1. The summed E-state index contributed by atoms with van der Waals surface area (Å²) in [4.78, 5) is 25.4. The maximum Gasteiger partial charge on any atom is 0.237 e. The Bertz CT molecular complexity index is 583. The molecule has 0 aliphatic carbocycles. The van der Waals surface area contributed by atoms with Crippen LogP contribution in [0.15, 0.2) is 18.2 Å². The lowest BCUT2D eigenvalue weighted by molar-refractivity contribution is -0.134. The molecular formula is C15H19F2N3O3. The van der Waals surface area contributed by atoms with E-state index in [1.54, 1.807) is 4.90 Å². The molecule has 1 saturated heterocycles. The van der Waals surface area contributed by atoms with Crippen LogP contribution in [0.1, 0.15) is 12.0 Å². The molecule has 3 N–H and O–H groups in total. The molecule has 1 aromatic carbocycles. The highest BCUT2D eigenvalue weighted by atomic mass is 19.2. The number of hydrogen-bond acceptors (Lipinski definition) is 4. The molecule has 0 spiro atoms. The predicted molar refractivity (Wildman–Crippen MR) is 78.3 cm³/mol. The molecular weight excluding hydrogens is 308 g/mol. The van der Waals surface area contributed by atoms with Crippen LogP contribution in [0, 0.1) is 11.6 Å². The van der Waals surface area contributed by atoms with Crippen molar-refractivity contribution in [3.63, 3.8) is 0 Å². The largest absolute Gasteiger partial charge is 0.395 e. The van der Waals surface area contributed by atoms with Crippen molar-refractivity contribution in [3.05, 3.63) is 35.4 Å². The molecule has 0 bridgehead atoms. The second-order valence-electron chi connectivity index (χ2n) is 5.27. The van der Waals surface area contributed by atoms with Crippen molar-refractivity contribution in [1.29, 1.82) is 0 Å². The summed E-state index contributed by atoms with van der Waals surface area (Å²) >= 11 is 0. The average molecular weight is 327 g/mol. The van der Waals surface area contributed by atoms with E-state index in [9.17, 15) is 18.4 Å². The van der Waals surface area contributed by atoms with Gasteiger partial charge in [0.15, 0.2) is 11.6 Å². The summed E-state index contributed by atoms with van der Waals surface area (Å²) in [7, 11) is 0. The molecule has 1 aliphatic rings. The van der Waals surface area contributed by atoms with Gasteiger partial charge in [-0.2, -0.15) is 0 Å². The molecule has 6 nitrogen and oxygen atoms in total. The molecule has 0 aromatic heterocycles. The highest BCUT2D eigenvalue weighted by Crippen LogP contribution is 2.17. The maximum atomic E-state index is 13.8. The summed E-state index contributed by atoms with van der Waals surface area (Å²) in [5.74, 6) is -2.60. The quantitative estimate of drug-likeness (QED) is 0.674. The topological polar surface area (TPSA) is 81.7 Å². The number of aliphatic hydroxyl groups is 1. The zero-order chi connectivity index (χ0) is 16.8. The maximum absolute atomic E-state index is 13.8. The van der Waals surface area contributed by atoms with Gasteiger partial charge in [-0.05, 0) is 6.07 Å². The SMILES string of the molecule is O=C(C[C@H]1C(=O)NCCN1Cc1cccc(F)c1F)NCCO. The molecule has 23 heavy (non-hydrogen) atoms. The summed E-state index contributed by atoms with van der Waals surface area (Å²) in [5, 5.41) is 13.8. The van der Waals surface area contributed by atoms with Gasteiger partial charge in [-0.3, -0.25) is 14.5 Å². The minimum atomic E-state index is -0.943. The van der Waals surface area contributed by atoms with Crippen molar-refractivity contribution in [2.24, 2.45) is 0 Å². The highest BCUT2D eigenvalue weighted by molar-refractivity contribution is 5.88. The first kappa shape index (κ1) is 17.3. The standard InChI is InChI=1S/C15H19F2N3O3/c16-11-3-1-2-10(14(11)17)9-20-6-4-19-15(23)12(20)8-13(22)18-5-7-21/h1-3,12,21H,4-9H2,(H,18,22)(H,19,23)/t12-/m0/s1. The van der Waals surface area contributed by atoms with Crippen LogP contribution in [0.25, 0.3) is 0 Å². The van der Waals surface area contributed by atoms with Crippen molar-refractivity contribution >= 4 is 11.8 Å². The Hall–Kier alpha value is -2.06. The Kier molecular flexibility index (Phi) is 6.00. The zero-order valence-electron chi connectivity index (χ0n) is 12.5. The number of aliphatic hydroxyl groups excluding tert-OH is 1. The molecule has 1 fully saturated rings. The highest BCUT2D eigenvalue weighted by Gasteiger charge is 2.32. The van der Waals surface area contributed by atoms with Gasteiger partial charge in [0.2, 0.25) is 11.8 Å². The van der Waals surface area contributed by atoms with Gasteiger partial charge in [0, 0.05) is 31.7 Å². The van der Waals surface area contributed by atoms with Crippen LogP contribution >= 0.6 is 0 Å². The minimum Gasteiger partial charge on any atom is -0.395 e. The number of halogens is 2. The fourth-order valence-corrected chi connectivity index (χ4v) is 2.51. The van der Waals surface area contributed by atoms with Gasteiger partial charge in [-0.1, -0.05) is 12.1 Å².